The molecule has 0 spiro atoms. The minimum atomic E-state index is 0.0845. The maximum Gasteiger partial charge on any atom is 0.0459 e. The van der Waals surface area contributed by atoms with Crippen molar-refractivity contribution in [3.63, 3.8) is 0 Å². The SMILES string of the molecule is C=N/C=C\C(=C/CCC(C)(C)c1ccccn1)C(C)(C)C. The Morgan fingerprint density at radius 3 is 2.48 bits per heavy atom. The molecule has 0 N–H and O–H groups in total. The molecule has 1 rings (SSSR count). The first kappa shape index (κ1) is 17.4. The summed E-state index contributed by atoms with van der Waals surface area (Å²) in [4.78, 5) is 8.30. The molecule has 1 aromatic rings. The minimum absolute atomic E-state index is 0.0845. The normalized spacial score (nSPS) is 13.7. The van der Waals surface area contributed by atoms with Crippen LogP contribution in [-0.4, -0.2) is 11.7 Å². The third-order valence-electron chi connectivity index (χ3n) is 3.72. The number of aliphatic imine (C=N–C) groups is 1. The molecule has 0 radical (unpaired) electrons. The zero-order chi connectivity index (χ0) is 15.9. The predicted molar refractivity (Wildman–Crippen MR) is 92.7 cm³/mol. The number of hydrogen-bond acceptors (Lipinski definition) is 2. The van der Waals surface area contributed by atoms with E-state index in [1.807, 2.05) is 12.3 Å². The Kier molecular flexibility index (Phi) is 6.07. The summed E-state index contributed by atoms with van der Waals surface area (Å²) in [5.41, 5.74) is 2.66. The molecule has 1 aromatic heterocycles. The summed E-state index contributed by atoms with van der Waals surface area (Å²) in [6, 6.07) is 6.12. The van der Waals surface area contributed by atoms with E-state index in [0.29, 0.717) is 0 Å². The van der Waals surface area contributed by atoms with Crippen molar-refractivity contribution in [2.24, 2.45) is 10.4 Å². The van der Waals surface area contributed by atoms with Gasteiger partial charge in [-0.05, 0) is 48.8 Å². The molecule has 0 atom stereocenters. The number of hydrogen-bond donors (Lipinski definition) is 0. The third kappa shape index (κ3) is 5.66. The van der Waals surface area contributed by atoms with E-state index in [-0.39, 0.29) is 10.8 Å². The van der Waals surface area contributed by atoms with E-state index in [1.54, 1.807) is 6.20 Å². The molecule has 2 nitrogen and oxygen atoms in total. The number of rotatable bonds is 6. The second kappa shape index (κ2) is 7.35. The summed E-state index contributed by atoms with van der Waals surface area (Å²) in [6.07, 6.45) is 10.1. The van der Waals surface area contributed by atoms with Crippen LogP contribution in [0.3, 0.4) is 0 Å². The molecule has 0 aliphatic heterocycles. The van der Waals surface area contributed by atoms with E-state index < -0.39 is 0 Å². The Hall–Kier alpha value is -1.70. The van der Waals surface area contributed by atoms with Crippen LogP contribution in [0.25, 0.3) is 0 Å². The Morgan fingerprint density at radius 1 is 1.24 bits per heavy atom. The number of aromatic nitrogens is 1. The first-order chi connectivity index (χ1) is 9.77. The first-order valence-electron chi connectivity index (χ1n) is 7.52. The van der Waals surface area contributed by atoms with E-state index in [2.05, 4.69) is 75.6 Å². The van der Waals surface area contributed by atoms with Crippen LogP contribution in [0.1, 0.15) is 53.2 Å². The fourth-order valence-electron chi connectivity index (χ4n) is 2.24. The van der Waals surface area contributed by atoms with Crippen molar-refractivity contribution >= 4 is 6.72 Å². The lowest BCUT2D eigenvalue weighted by Crippen LogP contribution is -2.18. The maximum atomic E-state index is 4.49. The average Bonchev–Trinajstić information content (AvgIpc) is 2.42. The van der Waals surface area contributed by atoms with Crippen molar-refractivity contribution in [1.82, 2.24) is 4.98 Å². The van der Waals surface area contributed by atoms with E-state index in [0.717, 1.165) is 18.5 Å². The molecular weight excluding hydrogens is 256 g/mol. The summed E-state index contributed by atoms with van der Waals surface area (Å²) in [5, 5.41) is 0. The molecule has 0 saturated heterocycles. The highest BCUT2D eigenvalue weighted by Crippen LogP contribution is 2.30. The third-order valence-corrected chi connectivity index (χ3v) is 3.72. The molecule has 1 heterocycles. The Bertz CT molecular complexity index is 502. The van der Waals surface area contributed by atoms with E-state index >= 15 is 0 Å². The van der Waals surface area contributed by atoms with Crippen molar-refractivity contribution in [3.8, 4) is 0 Å². The van der Waals surface area contributed by atoms with Crippen LogP contribution >= 0.6 is 0 Å². The standard InChI is InChI=1S/C19H28N2/c1-18(2,3)16(12-15-20-6)10-9-13-19(4,5)17-11-7-8-14-21-17/h7-8,10-12,14-15H,6,9,13H2,1-5H3/b15-12-,16-10+. The summed E-state index contributed by atoms with van der Waals surface area (Å²) in [5.74, 6) is 0. The Balaban J connectivity index is 2.78. The lowest BCUT2D eigenvalue weighted by molar-refractivity contribution is 0.464. The van der Waals surface area contributed by atoms with Crippen molar-refractivity contribution in [1.29, 1.82) is 0 Å². The molecule has 0 saturated carbocycles. The monoisotopic (exact) mass is 284 g/mol. The van der Waals surface area contributed by atoms with Gasteiger partial charge in [-0.2, -0.15) is 0 Å². The largest absolute Gasteiger partial charge is 0.273 e. The second-order valence-electron chi connectivity index (χ2n) is 7.05. The van der Waals surface area contributed by atoms with Gasteiger partial charge in [-0.25, -0.2) is 0 Å². The van der Waals surface area contributed by atoms with Crippen LogP contribution < -0.4 is 0 Å². The quantitative estimate of drug-likeness (QED) is 0.512. The summed E-state index contributed by atoms with van der Waals surface area (Å²) in [7, 11) is 0. The van der Waals surface area contributed by atoms with Gasteiger partial charge in [-0.15, -0.1) is 0 Å². The van der Waals surface area contributed by atoms with Crippen molar-refractivity contribution in [2.45, 2.75) is 52.9 Å². The maximum absolute atomic E-state index is 4.49. The van der Waals surface area contributed by atoms with Gasteiger partial charge in [0.15, 0.2) is 0 Å². The van der Waals surface area contributed by atoms with Crippen molar-refractivity contribution in [2.75, 3.05) is 0 Å². The first-order valence-corrected chi connectivity index (χ1v) is 7.52. The van der Waals surface area contributed by atoms with E-state index in [1.165, 1.54) is 5.57 Å². The minimum Gasteiger partial charge on any atom is -0.273 e. The van der Waals surface area contributed by atoms with Crippen LogP contribution in [0.15, 0.2) is 53.3 Å². The van der Waals surface area contributed by atoms with Crippen LogP contribution in [0, 0.1) is 5.41 Å². The Labute approximate surface area is 129 Å². The fraction of sp³-hybridized carbons (Fsp3) is 0.474. The molecular formula is C19H28N2. The highest BCUT2D eigenvalue weighted by molar-refractivity contribution is 5.30. The van der Waals surface area contributed by atoms with Gasteiger partial charge in [0.25, 0.3) is 0 Å². The fourth-order valence-corrected chi connectivity index (χ4v) is 2.24. The summed E-state index contributed by atoms with van der Waals surface area (Å²) < 4.78 is 0. The van der Waals surface area contributed by atoms with Crippen LogP contribution in [0.4, 0.5) is 0 Å². The summed E-state index contributed by atoms with van der Waals surface area (Å²) >= 11 is 0. The van der Waals surface area contributed by atoms with Crippen molar-refractivity contribution < 1.29 is 0 Å². The van der Waals surface area contributed by atoms with Gasteiger partial charge < -0.3 is 0 Å². The molecule has 0 aliphatic carbocycles. The van der Waals surface area contributed by atoms with Gasteiger partial charge in [0.2, 0.25) is 0 Å². The number of allylic oxidation sites excluding steroid dienone is 3. The van der Waals surface area contributed by atoms with Crippen LogP contribution in [0.2, 0.25) is 0 Å². The van der Waals surface area contributed by atoms with E-state index in [9.17, 15) is 0 Å². The molecule has 0 fully saturated rings. The second-order valence-corrected chi connectivity index (χ2v) is 7.05. The molecule has 0 bridgehead atoms. The number of nitrogens with zero attached hydrogens (tertiary/aromatic N) is 2. The molecule has 114 valence electrons. The Morgan fingerprint density at radius 2 is 1.95 bits per heavy atom. The van der Waals surface area contributed by atoms with Crippen LogP contribution in [-0.2, 0) is 5.41 Å². The zero-order valence-corrected chi connectivity index (χ0v) is 14.1. The van der Waals surface area contributed by atoms with Gasteiger partial charge in [0, 0.05) is 23.5 Å². The van der Waals surface area contributed by atoms with E-state index in [4.69, 9.17) is 0 Å². The molecule has 0 aliphatic rings. The average molecular weight is 284 g/mol. The lowest BCUT2D eigenvalue weighted by Gasteiger charge is -2.25. The lowest BCUT2D eigenvalue weighted by atomic mass is 9.81. The molecule has 21 heavy (non-hydrogen) atoms. The smallest absolute Gasteiger partial charge is 0.0459 e. The number of pyridine rings is 1. The van der Waals surface area contributed by atoms with Gasteiger partial charge >= 0.3 is 0 Å². The van der Waals surface area contributed by atoms with Gasteiger partial charge in [0.05, 0.1) is 0 Å². The van der Waals surface area contributed by atoms with Crippen LogP contribution in [0.5, 0.6) is 0 Å². The predicted octanol–water partition coefficient (Wildman–Crippen LogP) is 5.33. The zero-order valence-electron chi connectivity index (χ0n) is 14.1. The van der Waals surface area contributed by atoms with Gasteiger partial charge in [-0.3, -0.25) is 9.98 Å². The highest BCUT2D eigenvalue weighted by atomic mass is 14.7. The molecule has 2 heteroatoms. The highest BCUT2D eigenvalue weighted by Gasteiger charge is 2.21. The van der Waals surface area contributed by atoms with Gasteiger partial charge in [0.1, 0.15) is 0 Å². The van der Waals surface area contributed by atoms with Gasteiger partial charge in [-0.1, -0.05) is 46.8 Å². The topological polar surface area (TPSA) is 25.2 Å². The molecule has 0 amide bonds. The summed E-state index contributed by atoms with van der Waals surface area (Å²) in [6.45, 7) is 14.7. The molecule has 0 unspecified atom stereocenters. The molecule has 0 aromatic carbocycles. The van der Waals surface area contributed by atoms with Crippen molar-refractivity contribution in [3.05, 3.63) is 54.0 Å².